The zero-order chi connectivity index (χ0) is 21.6. The quantitative estimate of drug-likeness (QED) is 0.662. The first kappa shape index (κ1) is 20.4. The number of nitrogens with one attached hydrogen (secondary N) is 1. The number of benzene rings is 2. The molecular weight excluding hydrogens is 415 g/mol. The van der Waals surface area contributed by atoms with Crippen molar-refractivity contribution in [3.8, 4) is 0 Å². The molecule has 1 aliphatic heterocycles. The lowest BCUT2D eigenvalue weighted by molar-refractivity contribution is 0.412. The minimum absolute atomic E-state index is 0.0553. The average Bonchev–Trinajstić information content (AvgIpc) is 3.48. The van der Waals surface area contributed by atoms with E-state index in [1.807, 2.05) is 6.07 Å². The van der Waals surface area contributed by atoms with Crippen LogP contribution in [0.5, 0.6) is 0 Å². The summed E-state index contributed by atoms with van der Waals surface area (Å²) in [4.78, 5) is 4.06. The Labute approximate surface area is 181 Å². The molecule has 0 bridgehead atoms. The summed E-state index contributed by atoms with van der Waals surface area (Å²) in [6.07, 6.45) is 5.01. The first-order valence-electron chi connectivity index (χ1n) is 10.5. The Morgan fingerprint density at radius 1 is 1.10 bits per heavy atom. The Balaban J connectivity index is 1.45. The maximum atomic E-state index is 13.5. The molecule has 1 fully saturated rings. The van der Waals surface area contributed by atoms with Crippen molar-refractivity contribution >= 4 is 10.0 Å². The summed E-state index contributed by atoms with van der Waals surface area (Å²) in [6.45, 7) is 0.677. The van der Waals surface area contributed by atoms with Crippen LogP contribution in [0.15, 0.2) is 66.1 Å². The number of hydrogen-bond donors (Lipinski definition) is 1. The van der Waals surface area contributed by atoms with Crippen LogP contribution in [-0.4, -0.2) is 41.4 Å². The van der Waals surface area contributed by atoms with Crippen molar-refractivity contribution in [3.05, 3.63) is 83.6 Å². The van der Waals surface area contributed by atoms with E-state index in [4.69, 9.17) is 0 Å². The van der Waals surface area contributed by atoms with Gasteiger partial charge in [-0.15, -0.1) is 0 Å². The van der Waals surface area contributed by atoms with Gasteiger partial charge in [0.25, 0.3) is 10.0 Å². The maximum Gasteiger partial charge on any atom is 0.262 e. The summed E-state index contributed by atoms with van der Waals surface area (Å²) in [5.74, 6) is -0.374. The van der Waals surface area contributed by atoms with Crippen molar-refractivity contribution in [2.45, 2.75) is 35.9 Å². The normalized spacial score (nSPS) is 23.9. The van der Waals surface area contributed by atoms with Crippen molar-refractivity contribution in [1.82, 2.24) is 19.2 Å². The Bertz CT molecular complexity index is 1190. The average molecular weight is 441 g/mol. The van der Waals surface area contributed by atoms with E-state index >= 15 is 0 Å². The van der Waals surface area contributed by atoms with Gasteiger partial charge in [0.15, 0.2) is 5.03 Å². The maximum absolute atomic E-state index is 13.5. The van der Waals surface area contributed by atoms with Crippen LogP contribution in [0.4, 0.5) is 4.39 Å². The van der Waals surface area contributed by atoms with E-state index in [1.54, 1.807) is 23.7 Å². The minimum Gasteiger partial charge on any atom is -0.339 e. The molecule has 1 aromatic heterocycles. The lowest BCUT2D eigenvalue weighted by Gasteiger charge is -2.25. The predicted molar refractivity (Wildman–Crippen MR) is 116 cm³/mol. The summed E-state index contributed by atoms with van der Waals surface area (Å²) >= 11 is 0. The van der Waals surface area contributed by atoms with Crippen molar-refractivity contribution < 1.29 is 12.8 Å². The smallest absolute Gasteiger partial charge is 0.262 e. The summed E-state index contributed by atoms with van der Waals surface area (Å²) in [7, 11) is -1.96. The van der Waals surface area contributed by atoms with Crippen LogP contribution >= 0.6 is 0 Å². The topological polar surface area (TPSA) is 67.2 Å². The molecule has 0 spiro atoms. The highest BCUT2D eigenvalue weighted by atomic mass is 32.2. The van der Waals surface area contributed by atoms with Gasteiger partial charge < -0.3 is 9.88 Å². The van der Waals surface area contributed by atoms with Gasteiger partial charge in [0.05, 0.1) is 6.33 Å². The number of aromatic nitrogens is 2. The molecule has 6 nitrogen and oxygen atoms in total. The zero-order valence-corrected chi connectivity index (χ0v) is 18.1. The zero-order valence-electron chi connectivity index (χ0n) is 17.3. The van der Waals surface area contributed by atoms with Crippen molar-refractivity contribution in [1.29, 1.82) is 0 Å². The van der Waals surface area contributed by atoms with E-state index in [-0.39, 0.29) is 28.8 Å². The third kappa shape index (κ3) is 3.79. The number of aryl methyl sites for hydroxylation is 2. The van der Waals surface area contributed by atoms with Gasteiger partial charge in [0.2, 0.25) is 0 Å². The molecule has 3 atom stereocenters. The molecule has 1 saturated heterocycles. The number of halogens is 1. The molecule has 5 rings (SSSR count). The van der Waals surface area contributed by atoms with Gasteiger partial charge in [0.1, 0.15) is 5.82 Å². The Morgan fingerprint density at radius 2 is 1.87 bits per heavy atom. The number of rotatable bonds is 5. The molecule has 1 N–H and O–H groups in total. The molecule has 2 heterocycles. The monoisotopic (exact) mass is 440 g/mol. The molecule has 0 radical (unpaired) electrons. The van der Waals surface area contributed by atoms with E-state index in [0.29, 0.717) is 13.1 Å². The summed E-state index contributed by atoms with van der Waals surface area (Å²) in [5.41, 5.74) is 3.56. The fraction of sp³-hybridized carbons (Fsp3) is 0.348. The van der Waals surface area contributed by atoms with Gasteiger partial charge in [-0.25, -0.2) is 17.8 Å². The highest BCUT2D eigenvalue weighted by molar-refractivity contribution is 7.89. The van der Waals surface area contributed by atoms with Crippen molar-refractivity contribution in [2.24, 2.45) is 7.05 Å². The van der Waals surface area contributed by atoms with Crippen LogP contribution < -0.4 is 5.32 Å². The molecule has 2 aromatic carbocycles. The fourth-order valence-electron chi connectivity index (χ4n) is 4.82. The number of imidazole rings is 1. The van der Waals surface area contributed by atoms with Gasteiger partial charge in [-0.1, -0.05) is 36.4 Å². The van der Waals surface area contributed by atoms with Crippen LogP contribution in [0, 0.1) is 5.82 Å². The summed E-state index contributed by atoms with van der Waals surface area (Å²) in [5, 5.41) is 3.79. The standard InChI is InChI=1S/C23H25FN4O2S/c1-27-14-23(25-15-27)31(29,30)28-12-20(17-6-9-18(24)10-7-17)22(13-28)26-21-11-8-16-4-2-3-5-19(16)21/h2-7,9-10,14-15,20-22,26H,8,11-13H2,1H3. The van der Waals surface area contributed by atoms with E-state index in [1.165, 1.54) is 40.1 Å². The van der Waals surface area contributed by atoms with Crippen LogP contribution in [0.2, 0.25) is 0 Å². The highest BCUT2D eigenvalue weighted by Crippen LogP contribution is 2.36. The van der Waals surface area contributed by atoms with Crippen LogP contribution in [0.3, 0.4) is 0 Å². The minimum atomic E-state index is -3.71. The fourth-order valence-corrected chi connectivity index (χ4v) is 6.28. The first-order chi connectivity index (χ1) is 14.9. The number of hydrogen-bond acceptors (Lipinski definition) is 4. The summed E-state index contributed by atoms with van der Waals surface area (Å²) in [6, 6.07) is 14.9. The Kier molecular flexibility index (Phi) is 5.16. The van der Waals surface area contributed by atoms with Crippen LogP contribution in [-0.2, 0) is 23.5 Å². The lowest BCUT2D eigenvalue weighted by atomic mass is 9.93. The third-order valence-corrected chi connectivity index (χ3v) is 8.14. The van der Waals surface area contributed by atoms with Gasteiger partial charge in [0, 0.05) is 44.3 Å². The lowest BCUT2D eigenvalue weighted by Crippen LogP contribution is -2.38. The molecule has 1 aliphatic carbocycles. The second-order valence-electron chi connectivity index (χ2n) is 8.42. The second-order valence-corrected chi connectivity index (χ2v) is 10.3. The molecule has 2 aliphatic rings. The van der Waals surface area contributed by atoms with Gasteiger partial charge in [-0.3, -0.25) is 0 Å². The van der Waals surface area contributed by atoms with Crippen molar-refractivity contribution in [2.75, 3.05) is 13.1 Å². The van der Waals surface area contributed by atoms with E-state index in [0.717, 1.165) is 18.4 Å². The molecule has 0 amide bonds. The molecule has 162 valence electrons. The first-order valence-corrected chi connectivity index (χ1v) is 11.9. The molecule has 3 aromatic rings. The molecule has 31 heavy (non-hydrogen) atoms. The van der Waals surface area contributed by atoms with Crippen LogP contribution in [0.25, 0.3) is 0 Å². The van der Waals surface area contributed by atoms with Crippen LogP contribution in [0.1, 0.15) is 35.1 Å². The number of nitrogens with zero attached hydrogens (tertiary/aromatic N) is 3. The summed E-state index contributed by atoms with van der Waals surface area (Å²) < 4.78 is 43.1. The SMILES string of the molecule is Cn1cnc(S(=O)(=O)N2CC(NC3CCc4ccccc43)C(c3ccc(F)cc3)C2)c1. The molecule has 8 heteroatoms. The molecular formula is C23H25FN4O2S. The van der Waals surface area contributed by atoms with Crippen molar-refractivity contribution in [3.63, 3.8) is 0 Å². The molecule has 0 saturated carbocycles. The van der Waals surface area contributed by atoms with Gasteiger partial charge in [-0.2, -0.15) is 4.31 Å². The second kappa shape index (κ2) is 7.85. The Morgan fingerprint density at radius 3 is 2.61 bits per heavy atom. The largest absolute Gasteiger partial charge is 0.339 e. The highest BCUT2D eigenvalue weighted by Gasteiger charge is 2.42. The van der Waals surface area contributed by atoms with E-state index in [9.17, 15) is 12.8 Å². The van der Waals surface area contributed by atoms with E-state index < -0.39 is 10.0 Å². The Hall–Kier alpha value is -2.55. The van der Waals surface area contributed by atoms with Gasteiger partial charge >= 0.3 is 0 Å². The third-order valence-electron chi connectivity index (χ3n) is 6.42. The van der Waals surface area contributed by atoms with E-state index in [2.05, 4.69) is 28.5 Å². The number of sulfonamides is 1. The number of fused-ring (bicyclic) bond motifs is 1. The van der Waals surface area contributed by atoms with Gasteiger partial charge in [-0.05, 0) is 41.7 Å². The predicted octanol–water partition coefficient (Wildman–Crippen LogP) is 2.99. The molecule has 3 unspecified atom stereocenters.